The summed E-state index contributed by atoms with van der Waals surface area (Å²) in [5, 5.41) is 24.3. The maximum Gasteiger partial charge on any atom is 0.424 e. The first-order valence-electron chi connectivity index (χ1n) is 10.2. The number of ether oxygens (including phenoxy) is 1. The van der Waals surface area contributed by atoms with Crippen LogP contribution < -0.4 is 9.64 Å². The van der Waals surface area contributed by atoms with Gasteiger partial charge in [0.25, 0.3) is 0 Å². The minimum absolute atomic E-state index is 0.0315. The van der Waals surface area contributed by atoms with Crippen LogP contribution in [0.2, 0.25) is 0 Å². The lowest BCUT2D eigenvalue weighted by Gasteiger charge is -2.18. The van der Waals surface area contributed by atoms with Crippen molar-refractivity contribution in [3.8, 4) is 5.75 Å². The topological polar surface area (TPSA) is 161 Å². The highest BCUT2D eigenvalue weighted by Gasteiger charge is 2.40. The highest BCUT2D eigenvalue weighted by molar-refractivity contribution is 8.00. The molecule has 1 aliphatic rings. The quantitative estimate of drug-likeness (QED) is 0.522. The molecule has 0 bridgehead atoms. The number of thioether (sulfide) groups is 1. The third-order valence-electron chi connectivity index (χ3n) is 5.81. The Hall–Kier alpha value is -3.74. The van der Waals surface area contributed by atoms with Gasteiger partial charge in [0.1, 0.15) is 10.8 Å². The number of amides is 2. The standard InChI is InChI=1S/C21H22N6O6S/c1-9-6-22-11(10(2)14(9)33-5)7-26-16-13-15(25-26)21(3,4)12(28)8-34-17(13)24-18(23-16)27(19(29)30)20(31)32/h6H,7-8H2,1-5H3,(H,29,30)(H,31,32). The van der Waals surface area contributed by atoms with Gasteiger partial charge in [0.05, 0.1) is 41.6 Å². The number of hydrogen-bond donors (Lipinski definition) is 2. The van der Waals surface area contributed by atoms with Gasteiger partial charge in [-0.1, -0.05) is 11.8 Å². The summed E-state index contributed by atoms with van der Waals surface area (Å²) < 4.78 is 6.98. The fourth-order valence-electron chi connectivity index (χ4n) is 3.85. The number of ketones is 1. The summed E-state index contributed by atoms with van der Waals surface area (Å²) in [6.45, 7) is 7.37. The molecule has 4 rings (SSSR count). The summed E-state index contributed by atoms with van der Waals surface area (Å²) in [5.74, 6) is 0.113. The molecule has 0 aliphatic carbocycles. The van der Waals surface area contributed by atoms with Crippen LogP contribution in [0.25, 0.3) is 11.0 Å². The Morgan fingerprint density at radius 1 is 1.24 bits per heavy atom. The van der Waals surface area contributed by atoms with Gasteiger partial charge in [0, 0.05) is 17.3 Å². The van der Waals surface area contributed by atoms with E-state index in [0.717, 1.165) is 22.9 Å². The molecule has 0 saturated heterocycles. The van der Waals surface area contributed by atoms with Crippen molar-refractivity contribution >= 4 is 46.7 Å². The Morgan fingerprint density at radius 3 is 2.53 bits per heavy atom. The van der Waals surface area contributed by atoms with E-state index in [2.05, 4.69) is 20.1 Å². The van der Waals surface area contributed by atoms with Crippen LogP contribution in [-0.4, -0.2) is 65.8 Å². The highest BCUT2D eigenvalue weighted by atomic mass is 32.2. The molecule has 0 saturated carbocycles. The van der Waals surface area contributed by atoms with Crippen LogP contribution in [0.5, 0.6) is 5.75 Å². The van der Waals surface area contributed by atoms with Crippen molar-refractivity contribution in [3.05, 3.63) is 28.7 Å². The summed E-state index contributed by atoms with van der Waals surface area (Å²) in [4.78, 5) is 49.1. The molecule has 0 radical (unpaired) electrons. The zero-order valence-electron chi connectivity index (χ0n) is 19.1. The van der Waals surface area contributed by atoms with E-state index in [1.165, 1.54) is 4.68 Å². The second-order valence-corrected chi connectivity index (χ2v) is 9.28. The van der Waals surface area contributed by atoms with Crippen molar-refractivity contribution < 1.29 is 29.3 Å². The van der Waals surface area contributed by atoms with E-state index in [-0.39, 0.29) is 28.6 Å². The molecule has 178 valence electrons. The molecule has 0 unspecified atom stereocenters. The highest BCUT2D eigenvalue weighted by Crippen LogP contribution is 2.40. The fourth-order valence-corrected chi connectivity index (χ4v) is 4.96. The normalized spacial score (nSPS) is 14.7. The van der Waals surface area contributed by atoms with Crippen molar-refractivity contribution in [3.63, 3.8) is 0 Å². The van der Waals surface area contributed by atoms with E-state index in [0.29, 0.717) is 27.5 Å². The predicted molar refractivity (Wildman–Crippen MR) is 122 cm³/mol. The number of aryl methyl sites for hydroxylation is 1. The van der Waals surface area contributed by atoms with E-state index in [4.69, 9.17) is 4.74 Å². The van der Waals surface area contributed by atoms with Gasteiger partial charge >= 0.3 is 12.2 Å². The fraction of sp³-hybridized carbons (Fsp3) is 0.381. The minimum Gasteiger partial charge on any atom is -0.496 e. The average Bonchev–Trinajstić information content (AvgIpc) is 3.09. The molecule has 4 heterocycles. The van der Waals surface area contributed by atoms with Gasteiger partial charge < -0.3 is 14.9 Å². The lowest BCUT2D eigenvalue weighted by Crippen LogP contribution is -2.36. The number of carbonyl (C=O) groups is 3. The van der Waals surface area contributed by atoms with Gasteiger partial charge in [-0.25, -0.2) is 19.3 Å². The van der Waals surface area contributed by atoms with Crippen molar-refractivity contribution in [1.29, 1.82) is 0 Å². The van der Waals surface area contributed by atoms with E-state index in [1.54, 1.807) is 27.2 Å². The molecule has 34 heavy (non-hydrogen) atoms. The smallest absolute Gasteiger partial charge is 0.424 e. The van der Waals surface area contributed by atoms with Gasteiger partial charge in [0.2, 0.25) is 5.95 Å². The number of carbonyl (C=O) groups excluding carboxylic acids is 1. The summed E-state index contributed by atoms with van der Waals surface area (Å²) in [6, 6.07) is 0. The first kappa shape index (κ1) is 23.4. The number of rotatable bonds is 4. The second kappa shape index (κ2) is 8.24. The number of methoxy groups -OCH3 is 1. The van der Waals surface area contributed by atoms with Crippen molar-refractivity contribution in [2.75, 3.05) is 17.8 Å². The molecule has 0 aromatic carbocycles. The number of Topliss-reactive ketones (excluding diaryl/α,β-unsaturated/α-hetero) is 1. The molecule has 13 heteroatoms. The maximum absolute atomic E-state index is 12.9. The molecule has 3 aromatic rings. The minimum atomic E-state index is -1.75. The zero-order valence-corrected chi connectivity index (χ0v) is 19.9. The van der Waals surface area contributed by atoms with E-state index in [1.807, 2.05) is 13.8 Å². The van der Waals surface area contributed by atoms with Crippen LogP contribution in [0.15, 0.2) is 11.2 Å². The summed E-state index contributed by atoms with van der Waals surface area (Å²) in [7, 11) is 1.57. The lowest BCUT2D eigenvalue weighted by atomic mass is 9.84. The van der Waals surface area contributed by atoms with Crippen LogP contribution in [-0.2, 0) is 16.8 Å². The largest absolute Gasteiger partial charge is 0.496 e. The molecule has 0 fully saturated rings. The van der Waals surface area contributed by atoms with E-state index >= 15 is 0 Å². The van der Waals surface area contributed by atoms with Gasteiger partial charge in [-0.3, -0.25) is 9.78 Å². The van der Waals surface area contributed by atoms with Gasteiger partial charge in [-0.2, -0.15) is 10.1 Å². The summed E-state index contributed by atoms with van der Waals surface area (Å²) in [5.41, 5.74) is 1.96. The van der Waals surface area contributed by atoms with Gasteiger partial charge in [-0.15, -0.1) is 4.90 Å². The number of carboxylic acid groups (broad SMARTS) is 2. The Balaban J connectivity index is 2.00. The maximum atomic E-state index is 12.9. The Morgan fingerprint density at radius 2 is 1.91 bits per heavy atom. The number of pyridine rings is 1. The monoisotopic (exact) mass is 486 g/mol. The van der Waals surface area contributed by atoms with Crippen LogP contribution >= 0.6 is 11.8 Å². The third-order valence-corrected chi connectivity index (χ3v) is 6.78. The first-order chi connectivity index (χ1) is 16.0. The van der Waals surface area contributed by atoms with E-state index < -0.39 is 23.5 Å². The molecule has 0 atom stereocenters. The number of hydrogen-bond acceptors (Lipinski definition) is 9. The van der Waals surface area contributed by atoms with Crippen molar-refractivity contribution in [2.24, 2.45) is 0 Å². The van der Waals surface area contributed by atoms with Gasteiger partial charge in [-0.05, 0) is 27.7 Å². The average molecular weight is 487 g/mol. The lowest BCUT2D eigenvalue weighted by molar-refractivity contribution is -0.120. The summed E-state index contributed by atoms with van der Waals surface area (Å²) >= 11 is 1.10. The Bertz CT molecular complexity index is 1350. The first-order valence-corrected chi connectivity index (χ1v) is 11.2. The molecule has 2 amide bonds. The van der Waals surface area contributed by atoms with E-state index in [9.17, 15) is 24.6 Å². The number of anilines is 1. The number of imide groups is 1. The molecule has 2 N–H and O–H groups in total. The van der Waals surface area contributed by atoms with Crippen molar-refractivity contribution in [1.82, 2.24) is 24.7 Å². The molecular weight excluding hydrogens is 464 g/mol. The summed E-state index contributed by atoms with van der Waals surface area (Å²) in [6.07, 6.45) is -1.83. The SMILES string of the molecule is COc1c(C)cnc(Cn2nc3c4c(nc(N(C(=O)O)C(=O)O)nc42)SCC(=O)C3(C)C)c1C. The zero-order chi connectivity index (χ0) is 24.9. The molecule has 3 aromatic heterocycles. The van der Waals surface area contributed by atoms with Crippen LogP contribution in [0, 0.1) is 13.8 Å². The molecule has 0 spiro atoms. The predicted octanol–water partition coefficient (Wildman–Crippen LogP) is 3.01. The number of nitrogens with zero attached hydrogens (tertiary/aromatic N) is 6. The van der Waals surface area contributed by atoms with Crippen LogP contribution in [0.3, 0.4) is 0 Å². The van der Waals surface area contributed by atoms with Crippen LogP contribution in [0.4, 0.5) is 15.5 Å². The molecule has 12 nitrogen and oxygen atoms in total. The second-order valence-electron chi connectivity index (χ2n) is 8.32. The Labute approximate surface area is 198 Å². The molecular formula is C21H22N6O6S. The van der Waals surface area contributed by atoms with Gasteiger partial charge in [0.15, 0.2) is 11.4 Å². The number of aromatic nitrogens is 5. The third kappa shape index (κ3) is 3.61. The van der Waals surface area contributed by atoms with Crippen molar-refractivity contribution in [2.45, 2.75) is 44.7 Å². The molecule has 1 aliphatic heterocycles. The van der Waals surface area contributed by atoms with Crippen LogP contribution in [0.1, 0.15) is 36.4 Å². The Kier molecular flexibility index (Phi) is 5.67.